The predicted molar refractivity (Wildman–Crippen MR) is 75.9 cm³/mol. The van der Waals surface area contributed by atoms with E-state index in [1.807, 2.05) is 0 Å². The zero-order valence-electron chi connectivity index (χ0n) is 11.9. The van der Waals surface area contributed by atoms with Crippen LogP contribution in [0.2, 0.25) is 0 Å². The summed E-state index contributed by atoms with van der Waals surface area (Å²) in [5.41, 5.74) is -0.753. The van der Waals surface area contributed by atoms with Crippen LogP contribution in [0.5, 0.6) is 0 Å². The van der Waals surface area contributed by atoms with Crippen LogP contribution in [0.1, 0.15) is 18.4 Å². The molecule has 1 saturated heterocycles. The van der Waals surface area contributed by atoms with E-state index < -0.39 is 21.3 Å². The molecule has 1 aliphatic heterocycles. The maximum absolute atomic E-state index is 13.3. The van der Waals surface area contributed by atoms with Crippen molar-refractivity contribution in [1.29, 1.82) is 5.26 Å². The third-order valence-electron chi connectivity index (χ3n) is 3.83. The monoisotopic (exact) mass is 328 g/mol. The quantitative estimate of drug-likeness (QED) is 0.803. The van der Waals surface area contributed by atoms with E-state index in [4.69, 9.17) is 15.1 Å². The van der Waals surface area contributed by atoms with E-state index in [-0.39, 0.29) is 23.6 Å². The van der Waals surface area contributed by atoms with Crippen molar-refractivity contribution < 1.29 is 22.7 Å². The summed E-state index contributed by atoms with van der Waals surface area (Å²) in [6, 6.07) is 4.68. The lowest BCUT2D eigenvalue weighted by atomic mass is 9.84. The molecular weight excluding hydrogens is 311 g/mol. The van der Waals surface area contributed by atoms with Crippen LogP contribution in [-0.2, 0) is 14.8 Å². The summed E-state index contributed by atoms with van der Waals surface area (Å²) in [6.07, 6.45) is 1.09. The molecule has 1 fully saturated rings. The molecule has 22 heavy (non-hydrogen) atoms. The fraction of sp³-hybridized carbons (Fsp3) is 0.500. The van der Waals surface area contributed by atoms with E-state index in [2.05, 4.69) is 4.72 Å². The zero-order valence-corrected chi connectivity index (χ0v) is 12.7. The lowest BCUT2D eigenvalue weighted by Crippen LogP contribution is -2.38. The maximum Gasteiger partial charge on any atom is 0.240 e. The molecule has 1 atom stereocenters. The smallest absolute Gasteiger partial charge is 0.240 e. The van der Waals surface area contributed by atoms with Gasteiger partial charge in [-0.2, -0.15) is 5.26 Å². The number of benzene rings is 1. The minimum absolute atomic E-state index is 0.0553. The van der Waals surface area contributed by atoms with Crippen LogP contribution in [0.25, 0.3) is 0 Å². The van der Waals surface area contributed by atoms with Gasteiger partial charge in [0.25, 0.3) is 0 Å². The molecule has 120 valence electrons. The zero-order chi connectivity index (χ0) is 16.2. The van der Waals surface area contributed by atoms with Crippen LogP contribution < -0.4 is 4.72 Å². The van der Waals surface area contributed by atoms with Gasteiger partial charge in [0, 0.05) is 25.2 Å². The van der Waals surface area contributed by atoms with E-state index in [0.717, 1.165) is 18.2 Å². The molecule has 1 aromatic carbocycles. The Morgan fingerprint density at radius 2 is 2.27 bits per heavy atom. The highest BCUT2D eigenvalue weighted by Gasteiger charge is 2.35. The molecule has 6 nitrogen and oxygen atoms in total. The van der Waals surface area contributed by atoms with Gasteiger partial charge in [-0.1, -0.05) is 0 Å². The Balaban J connectivity index is 2.16. The van der Waals surface area contributed by atoms with Crippen molar-refractivity contribution >= 4 is 10.0 Å². The first kappa shape index (κ1) is 16.8. The molecule has 0 aliphatic carbocycles. The van der Waals surface area contributed by atoms with E-state index in [1.54, 1.807) is 6.07 Å². The van der Waals surface area contributed by atoms with Crippen LogP contribution in [0.15, 0.2) is 23.1 Å². The van der Waals surface area contributed by atoms with Crippen LogP contribution in [-0.4, -0.2) is 39.9 Å². The molecule has 1 aromatic rings. The summed E-state index contributed by atoms with van der Waals surface area (Å²) < 4.78 is 45.6. The third kappa shape index (κ3) is 3.62. The minimum Gasteiger partial charge on any atom is -0.396 e. The first-order valence-electron chi connectivity index (χ1n) is 6.80. The van der Waals surface area contributed by atoms with Gasteiger partial charge in [0.05, 0.1) is 17.1 Å². The average molecular weight is 328 g/mol. The fourth-order valence-electron chi connectivity index (χ4n) is 2.40. The molecule has 2 N–H and O–H groups in total. The average Bonchev–Trinajstić information content (AvgIpc) is 2.95. The molecule has 0 radical (unpaired) electrons. The Hall–Kier alpha value is -1.53. The van der Waals surface area contributed by atoms with E-state index in [1.165, 1.54) is 0 Å². The highest BCUT2D eigenvalue weighted by Crippen LogP contribution is 2.31. The number of ether oxygens (including phenoxy) is 1. The van der Waals surface area contributed by atoms with Crippen molar-refractivity contribution in [3.8, 4) is 6.07 Å². The summed E-state index contributed by atoms with van der Waals surface area (Å²) in [5.74, 6) is -0.762. The van der Waals surface area contributed by atoms with Gasteiger partial charge in [0.1, 0.15) is 11.9 Å². The Kier molecular flexibility index (Phi) is 5.13. The van der Waals surface area contributed by atoms with Crippen LogP contribution >= 0.6 is 0 Å². The van der Waals surface area contributed by atoms with E-state index >= 15 is 0 Å². The number of aliphatic hydroxyl groups excluding tert-OH is 1. The van der Waals surface area contributed by atoms with Gasteiger partial charge in [-0.05, 0) is 31.0 Å². The van der Waals surface area contributed by atoms with E-state index in [9.17, 15) is 12.8 Å². The summed E-state index contributed by atoms with van der Waals surface area (Å²) in [4.78, 5) is -0.163. The van der Waals surface area contributed by atoms with Crippen molar-refractivity contribution in [2.24, 2.45) is 5.41 Å². The molecule has 1 heterocycles. The molecule has 0 saturated carbocycles. The molecule has 0 spiro atoms. The fourth-order valence-corrected chi connectivity index (χ4v) is 3.58. The largest absolute Gasteiger partial charge is 0.396 e. The number of rotatable bonds is 6. The Bertz CT molecular complexity index is 679. The molecular formula is C14H17FN2O4S. The second-order valence-electron chi connectivity index (χ2n) is 5.35. The lowest BCUT2D eigenvalue weighted by Gasteiger charge is -2.26. The Morgan fingerprint density at radius 1 is 1.50 bits per heavy atom. The molecule has 1 unspecified atom stereocenters. The number of nitrogens with zero attached hydrogens (tertiary/aromatic N) is 1. The standard InChI is InChI=1S/C14H17FN2O4S/c15-13-2-1-12(7-11(13)8-16)22(19,20)17-9-14(3-5-18)4-6-21-10-14/h1-2,7,17-18H,3-6,9-10H2. The number of hydrogen-bond donors (Lipinski definition) is 2. The first-order chi connectivity index (χ1) is 10.4. The molecule has 2 rings (SSSR count). The molecule has 0 amide bonds. The number of aliphatic hydroxyl groups is 1. The molecule has 1 aliphatic rings. The highest BCUT2D eigenvalue weighted by atomic mass is 32.2. The number of hydrogen-bond acceptors (Lipinski definition) is 5. The van der Waals surface area contributed by atoms with Crippen molar-refractivity contribution in [3.05, 3.63) is 29.6 Å². The third-order valence-corrected chi connectivity index (χ3v) is 5.23. The topological polar surface area (TPSA) is 99.4 Å². The van der Waals surface area contributed by atoms with Crippen LogP contribution in [0, 0.1) is 22.6 Å². The van der Waals surface area contributed by atoms with Gasteiger partial charge >= 0.3 is 0 Å². The van der Waals surface area contributed by atoms with Crippen molar-refractivity contribution in [2.45, 2.75) is 17.7 Å². The van der Waals surface area contributed by atoms with Gasteiger partial charge in [-0.15, -0.1) is 0 Å². The Labute approximate surface area is 128 Å². The van der Waals surface area contributed by atoms with Crippen molar-refractivity contribution in [1.82, 2.24) is 4.72 Å². The first-order valence-corrected chi connectivity index (χ1v) is 8.29. The van der Waals surface area contributed by atoms with Crippen molar-refractivity contribution in [3.63, 3.8) is 0 Å². The maximum atomic E-state index is 13.3. The number of nitrogens with one attached hydrogen (secondary N) is 1. The number of sulfonamides is 1. The SMILES string of the molecule is N#Cc1cc(S(=O)(=O)NCC2(CCO)CCOC2)ccc1F. The summed E-state index contributed by atoms with van der Waals surface area (Å²) in [6.45, 7) is 0.967. The van der Waals surface area contributed by atoms with Crippen LogP contribution in [0.3, 0.4) is 0 Å². The van der Waals surface area contributed by atoms with Gasteiger partial charge < -0.3 is 9.84 Å². The second kappa shape index (κ2) is 6.71. The number of halogens is 1. The van der Waals surface area contributed by atoms with Gasteiger partial charge in [0.2, 0.25) is 10.0 Å². The van der Waals surface area contributed by atoms with E-state index in [0.29, 0.717) is 26.1 Å². The summed E-state index contributed by atoms with van der Waals surface area (Å²) in [5, 5.41) is 17.9. The summed E-state index contributed by atoms with van der Waals surface area (Å²) in [7, 11) is -3.86. The molecule has 8 heteroatoms. The summed E-state index contributed by atoms with van der Waals surface area (Å²) >= 11 is 0. The van der Waals surface area contributed by atoms with Gasteiger partial charge in [-0.3, -0.25) is 0 Å². The molecule has 0 aromatic heterocycles. The minimum atomic E-state index is -3.86. The van der Waals surface area contributed by atoms with Gasteiger partial charge in [-0.25, -0.2) is 17.5 Å². The molecule has 0 bridgehead atoms. The highest BCUT2D eigenvalue weighted by molar-refractivity contribution is 7.89. The second-order valence-corrected chi connectivity index (χ2v) is 7.12. The van der Waals surface area contributed by atoms with Crippen molar-refractivity contribution in [2.75, 3.05) is 26.4 Å². The number of nitriles is 1. The predicted octanol–water partition coefficient (Wildman–Crippen LogP) is 0.765. The Morgan fingerprint density at radius 3 is 2.86 bits per heavy atom. The lowest BCUT2D eigenvalue weighted by molar-refractivity contribution is 0.128. The van der Waals surface area contributed by atoms with Gasteiger partial charge in [0.15, 0.2) is 0 Å². The normalized spacial score (nSPS) is 21.7. The van der Waals surface area contributed by atoms with Crippen LogP contribution in [0.4, 0.5) is 4.39 Å².